The molecule has 3 aromatic rings. The van der Waals surface area contributed by atoms with Crippen molar-refractivity contribution in [1.82, 2.24) is 19.9 Å². The van der Waals surface area contributed by atoms with Crippen LogP contribution < -0.4 is 20.7 Å². The number of rotatable bonds is 6. The lowest BCUT2D eigenvalue weighted by atomic mass is 10.2. The van der Waals surface area contributed by atoms with Gasteiger partial charge in [0.1, 0.15) is 10.4 Å². The number of carbonyl (C=O) groups is 1. The number of nitrogens with one attached hydrogen (secondary N) is 1. The van der Waals surface area contributed by atoms with Crippen LogP contribution in [0.5, 0.6) is 0 Å². The van der Waals surface area contributed by atoms with Gasteiger partial charge in [0.15, 0.2) is 0 Å². The van der Waals surface area contributed by atoms with Gasteiger partial charge in [-0.25, -0.2) is 4.98 Å². The third kappa shape index (κ3) is 4.01. The fourth-order valence-corrected chi connectivity index (χ4v) is 4.38. The van der Waals surface area contributed by atoms with Crippen LogP contribution in [0.4, 0.5) is 11.6 Å². The summed E-state index contributed by atoms with van der Waals surface area (Å²) >= 11 is 1.42. The van der Waals surface area contributed by atoms with Crippen LogP contribution in [-0.2, 0) is 7.05 Å². The lowest BCUT2D eigenvalue weighted by Gasteiger charge is -2.37. The number of anilines is 2. The summed E-state index contributed by atoms with van der Waals surface area (Å²) in [6.45, 7) is 3.47. The van der Waals surface area contributed by atoms with Gasteiger partial charge in [0.2, 0.25) is 5.95 Å². The molecule has 0 aliphatic carbocycles. The summed E-state index contributed by atoms with van der Waals surface area (Å²) in [7, 11) is 1.94. The number of hydrogen-bond acceptors (Lipinski definition) is 8. The number of aryl methyl sites for hydroxylation is 1. The molecule has 0 aromatic carbocycles. The van der Waals surface area contributed by atoms with Crippen molar-refractivity contribution in [3.63, 3.8) is 0 Å². The van der Waals surface area contributed by atoms with E-state index >= 15 is 0 Å². The fraction of sp³-hybridized carbons (Fsp3) is 0.400. The minimum absolute atomic E-state index is 0.0451. The molecule has 1 fully saturated rings. The average Bonchev–Trinajstić information content (AvgIpc) is 3.28. The Hall–Kier alpha value is -2.98. The van der Waals surface area contributed by atoms with E-state index in [2.05, 4.69) is 25.1 Å². The molecule has 1 aliphatic heterocycles. The summed E-state index contributed by atoms with van der Waals surface area (Å²) in [6, 6.07) is 5.57. The van der Waals surface area contributed by atoms with Crippen LogP contribution in [0.3, 0.4) is 0 Å². The van der Waals surface area contributed by atoms with E-state index in [9.17, 15) is 9.59 Å². The lowest BCUT2D eigenvalue weighted by molar-refractivity contribution is 0.0946. The summed E-state index contributed by atoms with van der Waals surface area (Å²) < 4.78 is 2.67. The van der Waals surface area contributed by atoms with Crippen LogP contribution in [0.1, 0.15) is 16.9 Å². The van der Waals surface area contributed by atoms with Crippen molar-refractivity contribution in [2.75, 3.05) is 49.1 Å². The number of nitrogens with zero attached hydrogens (tertiary/aromatic N) is 5. The topological polar surface area (TPSA) is 104 Å². The molecule has 4 heterocycles. The molecule has 2 N–H and O–H groups in total. The van der Waals surface area contributed by atoms with Crippen LogP contribution >= 0.6 is 11.3 Å². The van der Waals surface area contributed by atoms with Crippen molar-refractivity contribution in [2.24, 2.45) is 7.05 Å². The van der Waals surface area contributed by atoms with Gasteiger partial charge in [-0.15, -0.1) is 11.3 Å². The van der Waals surface area contributed by atoms with Crippen LogP contribution in [0.2, 0.25) is 0 Å². The Labute approximate surface area is 177 Å². The van der Waals surface area contributed by atoms with E-state index in [1.165, 1.54) is 11.3 Å². The molecule has 10 heteroatoms. The maximum atomic E-state index is 12.3. The van der Waals surface area contributed by atoms with E-state index in [1.54, 1.807) is 12.3 Å². The predicted octanol–water partition coefficient (Wildman–Crippen LogP) is 0.829. The highest BCUT2D eigenvalue weighted by Gasteiger charge is 2.22. The third-order valence-electron chi connectivity index (χ3n) is 5.23. The second kappa shape index (κ2) is 8.80. The molecule has 9 nitrogen and oxygen atoms in total. The molecular formula is C20H24N6O3S. The number of hydrogen-bond donors (Lipinski definition) is 2. The molecule has 3 aromatic heterocycles. The smallest absolute Gasteiger partial charge is 0.292 e. The van der Waals surface area contributed by atoms with Gasteiger partial charge in [-0.05, 0) is 30.0 Å². The molecule has 0 spiro atoms. The standard InChI is InChI=1S/C20H24N6O3S/c1-24-16-5-12-30-17(16)19(29)23-20(24)26-9-7-25(8-10-26)14-3-4-15(22-13-14)18(28)21-6-2-11-27/h3-5,12-13,27H,2,6-11H2,1H3,(H,21,28). The molecule has 4 rings (SSSR count). The Morgan fingerprint density at radius 1 is 1.20 bits per heavy atom. The van der Waals surface area contributed by atoms with Crippen LogP contribution in [0, 0.1) is 0 Å². The normalized spacial score (nSPS) is 14.3. The molecule has 158 valence electrons. The van der Waals surface area contributed by atoms with Gasteiger partial charge >= 0.3 is 0 Å². The molecule has 0 bridgehead atoms. The first-order valence-electron chi connectivity index (χ1n) is 9.87. The van der Waals surface area contributed by atoms with E-state index < -0.39 is 0 Å². The second-order valence-electron chi connectivity index (χ2n) is 7.12. The summed E-state index contributed by atoms with van der Waals surface area (Å²) in [5.41, 5.74) is 2.05. The number of aromatic nitrogens is 3. The largest absolute Gasteiger partial charge is 0.396 e. The second-order valence-corrected chi connectivity index (χ2v) is 8.04. The minimum atomic E-state index is -0.240. The van der Waals surface area contributed by atoms with Crippen molar-refractivity contribution < 1.29 is 9.90 Å². The number of thiophene rings is 1. The SMILES string of the molecule is Cn1c(N2CCN(c3ccc(C(=O)NCCCO)nc3)CC2)nc(=O)c2sccc21. The van der Waals surface area contributed by atoms with Gasteiger partial charge < -0.3 is 24.8 Å². The van der Waals surface area contributed by atoms with Crippen molar-refractivity contribution in [3.8, 4) is 0 Å². The fourth-order valence-electron chi connectivity index (χ4n) is 3.58. The first kappa shape index (κ1) is 20.3. The molecule has 1 amide bonds. The number of piperazine rings is 1. The first-order chi connectivity index (χ1) is 14.6. The van der Waals surface area contributed by atoms with Crippen molar-refractivity contribution in [1.29, 1.82) is 0 Å². The molecule has 1 aliphatic rings. The number of aliphatic hydroxyl groups is 1. The van der Waals surface area contributed by atoms with Gasteiger partial charge in [0, 0.05) is 46.4 Å². The zero-order valence-corrected chi connectivity index (χ0v) is 17.6. The van der Waals surface area contributed by atoms with Crippen molar-refractivity contribution >= 4 is 39.1 Å². The molecule has 0 atom stereocenters. The Balaban J connectivity index is 1.41. The maximum Gasteiger partial charge on any atom is 0.292 e. The highest BCUT2D eigenvalue weighted by molar-refractivity contribution is 7.17. The van der Waals surface area contributed by atoms with Crippen LogP contribution in [-0.4, -0.2) is 64.9 Å². The quantitative estimate of drug-likeness (QED) is 0.561. The molecule has 1 saturated heterocycles. The summed E-state index contributed by atoms with van der Waals surface area (Å²) in [5, 5.41) is 13.4. The number of amides is 1. The highest BCUT2D eigenvalue weighted by atomic mass is 32.1. The monoisotopic (exact) mass is 428 g/mol. The van der Waals surface area contributed by atoms with Crippen molar-refractivity contribution in [3.05, 3.63) is 45.8 Å². The first-order valence-corrected chi connectivity index (χ1v) is 10.8. The Morgan fingerprint density at radius 3 is 2.67 bits per heavy atom. The van der Waals surface area contributed by atoms with Gasteiger partial charge in [-0.1, -0.05) is 0 Å². The van der Waals surface area contributed by atoms with Crippen LogP contribution in [0.15, 0.2) is 34.6 Å². The van der Waals surface area contributed by atoms with Gasteiger partial charge in [-0.3, -0.25) is 9.59 Å². The Bertz CT molecular complexity index is 1090. The summed E-state index contributed by atoms with van der Waals surface area (Å²) in [5.74, 6) is 0.453. The summed E-state index contributed by atoms with van der Waals surface area (Å²) in [6.07, 6.45) is 2.23. The van der Waals surface area contributed by atoms with E-state index in [4.69, 9.17) is 5.11 Å². The number of aliphatic hydroxyl groups excluding tert-OH is 1. The number of carbonyl (C=O) groups excluding carboxylic acids is 1. The zero-order chi connectivity index (χ0) is 21.1. The highest BCUT2D eigenvalue weighted by Crippen LogP contribution is 2.22. The zero-order valence-electron chi connectivity index (χ0n) is 16.7. The Morgan fingerprint density at radius 2 is 1.97 bits per heavy atom. The Kier molecular flexibility index (Phi) is 5.96. The van der Waals surface area contributed by atoms with E-state index in [-0.39, 0.29) is 18.1 Å². The van der Waals surface area contributed by atoms with E-state index in [0.29, 0.717) is 29.3 Å². The average molecular weight is 429 g/mol. The molecule has 0 radical (unpaired) electrons. The molecule has 0 unspecified atom stereocenters. The predicted molar refractivity (Wildman–Crippen MR) is 118 cm³/mol. The number of pyridine rings is 1. The third-order valence-corrected chi connectivity index (χ3v) is 6.12. The van der Waals surface area contributed by atoms with Gasteiger partial charge in [0.05, 0.1) is 17.4 Å². The molecular weight excluding hydrogens is 404 g/mol. The lowest BCUT2D eigenvalue weighted by Crippen LogP contribution is -2.48. The summed E-state index contributed by atoms with van der Waals surface area (Å²) in [4.78, 5) is 37.3. The van der Waals surface area contributed by atoms with E-state index in [0.717, 1.165) is 37.4 Å². The maximum absolute atomic E-state index is 12.3. The van der Waals surface area contributed by atoms with Gasteiger partial charge in [-0.2, -0.15) is 4.98 Å². The molecule has 30 heavy (non-hydrogen) atoms. The van der Waals surface area contributed by atoms with Gasteiger partial charge in [0.25, 0.3) is 11.5 Å². The number of fused-ring (bicyclic) bond motifs is 1. The minimum Gasteiger partial charge on any atom is -0.396 e. The van der Waals surface area contributed by atoms with Crippen molar-refractivity contribution in [2.45, 2.75) is 6.42 Å². The van der Waals surface area contributed by atoms with E-state index in [1.807, 2.05) is 29.1 Å². The molecule has 0 saturated carbocycles. The van der Waals surface area contributed by atoms with Crippen LogP contribution in [0.25, 0.3) is 10.2 Å².